The van der Waals surface area contributed by atoms with Crippen molar-refractivity contribution in [3.05, 3.63) is 59.7 Å². The number of likely N-dealkylation sites (tertiary alicyclic amines) is 1. The number of nitrogens with zero attached hydrogens (tertiary/aromatic N) is 2. The third-order valence-corrected chi connectivity index (χ3v) is 7.66. The first kappa shape index (κ1) is 23.3. The van der Waals surface area contributed by atoms with Gasteiger partial charge in [0.2, 0.25) is 0 Å². The minimum atomic E-state index is -3.65. The van der Waals surface area contributed by atoms with E-state index >= 15 is 0 Å². The molecule has 0 radical (unpaired) electrons. The highest BCUT2D eigenvalue weighted by Crippen LogP contribution is 2.26. The summed E-state index contributed by atoms with van der Waals surface area (Å²) in [5.74, 6) is 0.629. The van der Waals surface area contributed by atoms with Gasteiger partial charge < -0.3 is 10.2 Å². The molecule has 0 saturated carbocycles. The van der Waals surface area contributed by atoms with Crippen LogP contribution in [0.5, 0.6) is 0 Å². The Bertz CT molecular complexity index is 992. The summed E-state index contributed by atoms with van der Waals surface area (Å²) in [6.45, 7) is 8.05. The van der Waals surface area contributed by atoms with Gasteiger partial charge in [-0.25, -0.2) is 8.42 Å². The second-order valence-corrected chi connectivity index (χ2v) is 10.4. The molecule has 0 aromatic heterocycles. The predicted octanol–water partition coefficient (Wildman–Crippen LogP) is 3.67. The maximum Gasteiger partial charge on any atom is 0.264 e. The van der Waals surface area contributed by atoms with E-state index in [9.17, 15) is 13.2 Å². The summed E-state index contributed by atoms with van der Waals surface area (Å²) < 4.78 is 27.0. The summed E-state index contributed by atoms with van der Waals surface area (Å²) >= 11 is 0. The number of hydrogen-bond donors (Lipinski definition) is 1. The third kappa shape index (κ3) is 5.86. The average Bonchev–Trinajstić information content (AvgIpc) is 2.76. The molecule has 1 atom stereocenters. The zero-order chi connectivity index (χ0) is 22.4. The summed E-state index contributed by atoms with van der Waals surface area (Å²) in [4.78, 5) is 15.3. The summed E-state index contributed by atoms with van der Waals surface area (Å²) in [7, 11) is -2.12. The van der Waals surface area contributed by atoms with Gasteiger partial charge in [0.05, 0.1) is 10.6 Å². The molecule has 31 heavy (non-hydrogen) atoms. The maximum absolute atomic E-state index is 12.9. The Hall–Kier alpha value is -2.38. The summed E-state index contributed by atoms with van der Waals surface area (Å²) in [6, 6.07) is 13.5. The van der Waals surface area contributed by atoms with Crippen molar-refractivity contribution in [2.24, 2.45) is 5.92 Å². The van der Waals surface area contributed by atoms with Crippen LogP contribution in [0, 0.1) is 12.8 Å². The van der Waals surface area contributed by atoms with E-state index in [1.807, 2.05) is 6.92 Å². The molecular formula is C24H33N3O3S. The van der Waals surface area contributed by atoms with Crippen molar-refractivity contribution in [1.82, 2.24) is 10.2 Å². The number of rotatable bonds is 8. The van der Waals surface area contributed by atoms with Crippen LogP contribution in [-0.4, -0.2) is 52.5 Å². The second kappa shape index (κ2) is 10.3. The molecule has 7 heteroatoms. The predicted molar refractivity (Wildman–Crippen MR) is 125 cm³/mol. The lowest BCUT2D eigenvalue weighted by molar-refractivity contribution is 0.0950. The highest BCUT2D eigenvalue weighted by Gasteiger charge is 2.22. The Labute approximate surface area is 186 Å². The van der Waals surface area contributed by atoms with Crippen molar-refractivity contribution in [2.75, 3.05) is 37.5 Å². The third-order valence-electron chi connectivity index (χ3n) is 5.88. The molecule has 1 heterocycles. The number of aryl methyl sites for hydroxylation is 1. The van der Waals surface area contributed by atoms with E-state index in [-0.39, 0.29) is 10.8 Å². The number of benzene rings is 2. The number of carbonyl (C=O) groups is 1. The van der Waals surface area contributed by atoms with Crippen molar-refractivity contribution in [3.63, 3.8) is 0 Å². The molecular weight excluding hydrogens is 410 g/mol. The fourth-order valence-electron chi connectivity index (χ4n) is 4.13. The summed E-state index contributed by atoms with van der Waals surface area (Å²) in [5, 5.41) is 2.98. The lowest BCUT2D eigenvalue weighted by Gasteiger charge is -2.30. The molecule has 168 valence electrons. The van der Waals surface area contributed by atoms with Crippen LogP contribution in [0.4, 0.5) is 5.69 Å². The largest absolute Gasteiger partial charge is 0.352 e. The molecule has 2 aromatic rings. The molecule has 1 aliphatic rings. The van der Waals surface area contributed by atoms with Crippen molar-refractivity contribution in [2.45, 2.75) is 38.0 Å². The van der Waals surface area contributed by atoms with Gasteiger partial charge in [-0.15, -0.1) is 0 Å². The van der Waals surface area contributed by atoms with Crippen molar-refractivity contribution in [3.8, 4) is 0 Å². The molecule has 1 N–H and O–H groups in total. The maximum atomic E-state index is 12.9. The zero-order valence-corrected chi connectivity index (χ0v) is 19.5. The number of amides is 1. The first-order valence-electron chi connectivity index (χ1n) is 10.9. The van der Waals surface area contributed by atoms with Gasteiger partial charge in [0.25, 0.3) is 15.9 Å². The van der Waals surface area contributed by atoms with Gasteiger partial charge >= 0.3 is 0 Å². The van der Waals surface area contributed by atoms with E-state index in [1.54, 1.807) is 48.5 Å². The smallest absolute Gasteiger partial charge is 0.264 e. The first-order chi connectivity index (χ1) is 14.8. The molecule has 1 aliphatic heterocycles. The fourth-order valence-corrected chi connectivity index (χ4v) is 5.41. The van der Waals surface area contributed by atoms with E-state index in [4.69, 9.17) is 0 Å². The highest BCUT2D eigenvalue weighted by molar-refractivity contribution is 7.92. The van der Waals surface area contributed by atoms with Gasteiger partial charge in [-0.3, -0.25) is 9.10 Å². The van der Waals surface area contributed by atoms with Crippen molar-refractivity contribution >= 4 is 21.6 Å². The lowest BCUT2D eigenvalue weighted by atomic mass is 10.0. The molecule has 1 amide bonds. The van der Waals surface area contributed by atoms with E-state index < -0.39 is 10.0 Å². The number of nitrogens with one attached hydrogen (secondary N) is 1. The Morgan fingerprint density at radius 2 is 1.94 bits per heavy atom. The van der Waals surface area contributed by atoms with Gasteiger partial charge in [0.1, 0.15) is 0 Å². The van der Waals surface area contributed by atoms with Crippen LogP contribution >= 0.6 is 0 Å². The number of anilines is 1. The van der Waals surface area contributed by atoms with Crippen molar-refractivity contribution < 1.29 is 13.2 Å². The summed E-state index contributed by atoms with van der Waals surface area (Å²) in [6.07, 6.45) is 3.49. The van der Waals surface area contributed by atoms with Gasteiger partial charge in [0, 0.05) is 25.7 Å². The van der Waals surface area contributed by atoms with Gasteiger partial charge in [0.15, 0.2) is 0 Å². The quantitative estimate of drug-likeness (QED) is 0.632. The van der Waals surface area contributed by atoms with Crippen LogP contribution < -0.4 is 9.62 Å². The fraction of sp³-hybridized carbons (Fsp3) is 0.458. The number of piperidine rings is 1. The van der Waals surface area contributed by atoms with Crippen LogP contribution in [0.15, 0.2) is 53.4 Å². The Kier molecular flexibility index (Phi) is 7.73. The minimum absolute atomic E-state index is 0.129. The molecule has 0 unspecified atom stereocenters. The number of carbonyl (C=O) groups excluding carboxylic acids is 1. The lowest BCUT2D eigenvalue weighted by Crippen LogP contribution is -2.36. The van der Waals surface area contributed by atoms with E-state index in [0.29, 0.717) is 17.8 Å². The van der Waals surface area contributed by atoms with Crippen LogP contribution in [-0.2, 0) is 10.0 Å². The van der Waals surface area contributed by atoms with Gasteiger partial charge in [-0.1, -0.05) is 25.1 Å². The normalized spacial score (nSPS) is 17.3. The van der Waals surface area contributed by atoms with Crippen molar-refractivity contribution in [1.29, 1.82) is 0 Å². The minimum Gasteiger partial charge on any atom is -0.352 e. The van der Waals surface area contributed by atoms with Crippen LogP contribution in [0.2, 0.25) is 0 Å². The molecule has 1 saturated heterocycles. The highest BCUT2D eigenvalue weighted by atomic mass is 32.2. The molecule has 1 fully saturated rings. The van der Waals surface area contributed by atoms with Gasteiger partial charge in [-0.2, -0.15) is 0 Å². The molecule has 3 rings (SSSR count). The van der Waals surface area contributed by atoms with E-state index in [0.717, 1.165) is 37.5 Å². The molecule has 2 aromatic carbocycles. The standard InChI is InChI=1S/C24H33N3O3S/c1-19-9-7-15-27(18-19)16-8-14-25-24(28)21-12-13-23(20(2)17-21)26(3)31(29,30)22-10-5-4-6-11-22/h4-6,10-13,17,19H,7-9,14-16,18H2,1-3H3,(H,25,28)/t19-/m1/s1. The van der Waals surface area contributed by atoms with Crippen LogP contribution in [0.1, 0.15) is 42.1 Å². The monoisotopic (exact) mass is 443 g/mol. The topological polar surface area (TPSA) is 69.7 Å². The molecule has 6 nitrogen and oxygen atoms in total. The zero-order valence-electron chi connectivity index (χ0n) is 18.7. The van der Waals surface area contributed by atoms with Crippen LogP contribution in [0.25, 0.3) is 0 Å². The van der Waals surface area contributed by atoms with Crippen LogP contribution in [0.3, 0.4) is 0 Å². The number of hydrogen-bond acceptors (Lipinski definition) is 4. The number of sulfonamides is 1. The Balaban J connectivity index is 1.57. The molecule has 0 spiro atoms. The van der Waals surface area contributed by atoms with E-state index in [2.05, 4.69) is 17.1 Å². The average molecular weight is 444 g/mol. The first-order valence-corrected chi connectivity index (χ1v) is 12.4. The molecule has 0 aliphatic carbocycles. The Morgan fingerprint density at radius 3 is 2.61 bits per heavy atom. The van der Waals surface area contributed by atoms with E-state index in [1.165, 1.54) is 24.2 Å². The summed E-state index contributed by atoms with van der Waals surface area (Å²) in [5.41, 5.74) is 1.83. The second-order valence-electron chi connectivity index (χ2n) is 8.44. The Morgan fingerprint density at radius 1 is 1.19 bits per heavy atom. The SMILES string of the molecule is Cc1cc(C(=O)NCCCN2CCC[C@@H](C)C2)ccc1N(C)S(=O)(=O)c1ccccc1. The molecule has 0 bridgehead atoms. The van der Waals surface area contributed by atoms with Gasteiger partial charge in [-0.05, 0) is 81.1 Å².